The molecule has 0 aliphatic carbocycles. The molecule has 1 heterocycles. The van der Waals surface area contributed by atoms with E-state index in [9.17, 15) is 9.59 Å². The fourth-order valence-electron chi connectivity index (χ4n) is 5.81. The van der Waals surface area contributed by atoms with Crippen LogP contribution in [0.15, 0.2) is 103 Å². The van der Waals surface area contributed by atoms with Crippen molar-refractivity contribution in [3.05, 3.63) is 125 Å². The fourth-order valence-corrected chi connectivity index (χ4v) is 6.00. The summed E-state index contributed by atoms with van der Waals surface area (Å²) in [5.74, 6) is 0.396. The van der Waals surface area contributed by atoms with E-state index in [1.165, 1.54) is 0 Å². The Morgan fingerprint density at radius 1 is 0.875 bits per heavy atom. The first-order valence-electron chi connectivity index (χ1n) is 14.1. The number of carbonyl (C=O) groups excluding carboxylic acids is 2. The van der Waals surface area contributed by atoms with Gasteiger partial charge in [0, 0.05) is 42.3 Å². The van der Waals surface area contributed by atoms with E-state index in [1.54, 1.807) is 0 Å². The van der Waals surface area contributed by atoms with E-state index in [0.717, 1.165) is 53.9 Å². The van der Waals surface area contributed by atoms with Gasteiger partial charge in [0.05, 0.1) is 5.92 Å². The SMILES string of the molecule is CCNC(=O)C(c1ccccc1)C1CCN(c2ccc(CC(=O)c3ccccc3-c3cccc(Cl)c3)cc2)CC1. The van der Waals surface area contributed by atoms with Gasteiger partial charge in [0.2, 0.25) is 5.91 Å². The number of nitrogens with zero attached hydrogens (tertiary/aromatic N) is 1. The highest BCUT2D eigenvalue weighted by molar-refractivity contribution is 6.30. The number of ketones is 1. The first-order chi connectivity index (χ1) is 19.5. The van der Waals surface area contributed by atoms with E-state index in [1.807, 2.05) is 73.7 Å². The molecule has 1 amide bonds. The van der Waals surface area contributed by atoms with Crippen LogP contribution in [0.3, 0.4) is 0 Å². The second kappa shape index (κ2) is 13.0. The molecule has 5 rings (SSSR count). The van der Waals surface area contributed by atoms with Crippen LogP contribution in [0.5, 0.6) is 0 Å². The van der Waals surface area contributed by atoms with Crippen LogP contribution in [0.2, 0.25) is 5.02 Å². The summed E-state index contributed by atoms with van der Waals surface area (Å²) < 4.78 is 0. The zero-order chi connectivity index (χ0) is 27.9. The Kier molecular flexibility index (Phi) is 8.98. The van der Waals surface area contributed by atoms with Gasteiger partial charge < -0.3 is 10.2 Å². The predicted octanol–water partition coefficient (Wildman–Crippen LogP) is 7.57. The zero-order valence-electron chi connectivity index (χ0n) is 22.9. The summed E-state index contributed by atoms with van der Waals surface area (Å²) >= 11 is 6.21. The van der Waals surface area contributed by atoms with Crippen molar-refractivity contribution in [2.45, 2.75) is 32.1 Å². The van der Waals surface area contributed by atoms with E-state index in [4.69, 9.17) is 11.6 Å². The number of nitrogens with one attached hydrogen (secondary N) is 1. The third-order valence-electron chi connectivity index (χ3n) is 7.83. The molecule has 4 nitrogen and oxygen atoms in total. The topological polar surface area (TPSA) is 49.4 Å². The van der Waals surface area contributed by atoms with Gasteiger partial charge >= 0.3 is 0 Å². The standard InChI is InChI=1S/C35H35ClN2O2/c1-2-37-35(40)34(26-9-4-3-5-10-26)27-19-21-38(22-20-27)30-17-15-25(16-18-30)23-33(39)32-14-7-6-13-31(32)28-11-8-12-29(36)24-28/h3-18,24,27,34H,2,19-23H2,1H3,(H,37,40). The van der Waals surface area contributed by atoms with Crippen LogP contribution in [-0.4, -0.2) is 31.3 Å². The molecule has 1 fully saturated rings. The molecule has 0 saturated carbocycles. The smallest absolute Gasteiger partial charge is 0.227 e. The van der Waals surface area contributed by atoms with E-state index in [0.29, 0.717) is 29.5 Å². The number of benzene rings is 4. The van der Waals surface area contributed by atoms with Gasteiger partial charge in [-0.05, 0) is 72.2 Å². The molecule has 1 atom stereocenters. The minimum Gasteiger partial charge on any atom is -0.372 e. The molecule has 1 saturated heterocycles. The Hall–Kier alpha value is -3.89. The summed E-state index contributed by atoms with van der Waals surface area (Å²) in [4.78, 5) is 28.7. The maximum Gasteiger partial charge on any atom is 0.227 e. The quantitative estimate of drug-likeness (QED) is 0.219. The molecule has 0 radical (unpaired) electrons. The number of hydrogen-bond donors (Lipinski definition) is 1. The summed E-state index contributed by atoms with van der Waals surface area (Å²) in [6.45, 7) is 4.41. The van der Waals surface area contributed by atoms with Gasteiger partial charge in [-0.1, -0.05) is 90.5 Å². The van der Waals surface area contributed by atoms with Crippen molar-refractivity contribution < 1.29 is 9.59 Å². The molecule has 0 spiro atoms. The second-order valence-electron chi connectivity index (χ2n) is 10.4. The number of halogens is 1. The number of likely N-dealkylation sites (N-methyl/N-ethyl adjacent to an activating group) is 1. The van der Waals surface area contributed by atoms with Crippen molar-refractivity contribution in [1.29, 1.82) is 0 Å². The molecule has 204 valence electrons. The van der Waals surface area contributed by atoms with E-state index < -0.39 is 0 Å². The number of amides is 1. The Labute approximate surface area is 242 Å². The predicted molar refractivity (Wildman–Crippen MR) is 164 cm³/mol. The summed E-state index contributed by atoms with van der Waals surface area (Å²) in [6.07, 6.45) is 2.25. The van der Waals surface area contributed by atoms with Crippen molar-refractivity contribution >= 4 is 29.0 Å². The van der Waals surface area contributed by atoms with E-state index in [2.05, 4.69) is 46.6 Å². The van der Waals surface area contributed by atoms with Crippen LogP contribution >= 0.6 is 11.6 Å². The van der Waals surface area contributed by atoms with Crippen molar-refractivity contribution in [2.24, 2.45) is 5.92 Å². The highest BCUT2D eigenvalue weighted by Crippen LogP contribution is 2.35. The number of piperidine rings is 1. The average molecular weight is 551 g/mol. The van der Waals surface area contributed by atoms with Crippen LogP contribution in [0, 0.1) is 5.92 Å². The largest absolute Gasteiger partial charge is 0.372 e. The van der Waals surface area contributed by atoms with Crippen LogP contribution in [0.25, 0.3) is 11.1 Å². The molecule has 1 aliphatic heterocycles. The molecule has 4 aromatic rings. The summed E-state index contributed by atoms with van der Waals surface area (Å²) in [5.41, 5.74) is 5.79. The molecule has 5 heteroatoms. The van der Waals surface area contributed by atoms with Crippen LogP contribution < -0.4 is 10.2 Å². The Morgan fingerprint density at radius 3 is 2.27 bits per heavy atom. The highest BCUT2D eigenvalue weighted by Gasteiger charge is 2.32. The van der Waals surface area contributed by atoms with Crippen LogP contribution in [-0.2, 0) is 11.2 Å². The molecule has 40 heavy (non-hydrogen) atoms. The van der Waals surface area contributed by atoms with E-state index in [-0.39, 0.29) is 17.6 Å². The normalized spacial score (nSPS) is 14.5. The molecular formula is C35H35ClN2O2. The molecule has 1 aliphatic rings. The van der Waals surface area contributed by atoms with Crippen molar-refractivity contribution in [3.8, 4) is 11.1 Å². The lowest BCUT2D eigenvalue weighted by Crippen LogP contribution is -2.40. The number of rotatable bonds is 9. The summed E-state index contributed by atoms with van der Waals surface area (Å²) in [6, 6.07) is 33.8. The third kappa shape index (κ3) is 6.46. The number of anilines is 1. The van der Waals surface area contributed by atoms with Crippen molar-refractivity contribution in [2.75, 3.05) is 24.5 Å². The van der Waals surface area contributed by atoms with Gasteiger partial charge in [-0.3, -0.25) is 9.59 Å². The lowest BCUT2D eigenvalue weighted by Gasteiger charge is -2.37. The van der Waals surface area contributed by atoms with Gasteiger partial charge in [-0.15, -0.1) is 0 Å². The minimum atomic E-state index is -0.119. The van der Waals surface area contributed by atoms with Gasteiger partial charge in [-0.25, -0.2) is 0 Å². The minimum absolute atomic E-state index is 0.0847. The Morgan fingerprint density at radius 2 is 1.57 bits per heavy atom. The molecule has 4 aromatic carbocycles. The Balaban J connectivity index is 1.23. The molecule has 1 N–H and O–H groups in total. The van der Waals surface area contributed by atoms with Gasteiger partial charge in [-0.2, -0.15) is 0 Å². The number of hydrogen-bond acceptors (Lipinski definition) is 3. The first-order valence-corrected chi connectivity index (χ1v) is 14.5. The van der Waals surface area contributed by atoms with Gasteiger partial charge in [0.25, 0.3) is 0 Å². The third-order valence-corrected chi connectivity index (χ3v) is 8.07. The second-order valence-corrected chi connectivity index (χ2v) is 10.9. The maximum atomic E-state index is 13.3. The maximum absolute atomic E-state index is 13.3. The Bertz CT molecular complexity index is 1440. The van der Waals surface area contributed by atoms with Crippen LogP contribution in [0.4, 0.5) is 5.69 Å². The molecule has 1 unspecified atom stereocenters. The monoisotopic (exact) mass is 550 g/mol. The first kappa shape index (κ1) is 27.7. The lowest BCUT2D eigenvalue weighted by atomic mass is 9.79. The summed E-state index contributed by atoms with van der Waals surface area (Å²) in [7, 11) is 0. The lowest BCUT2D eigenvalue weighted by molar-refractivity contribution is -0.123. The average Bonchev–Trinajstić information content (AvgIpc) is 2.99. The molecule has 0 bridgehead atoms. The molecule has 0 aromatic heterocycles. The van der Waals surface area contributed by atoms with Crippen molar-refractivity contribution in [3.63, 3.8) is 0 Å². The fraction of sp³-hybridized carbons (Fsp3) is 0.257. The van der Waals surface area contributed by atoms with Gasteiger partial charge in [0.15, 0.2) is 5.78 Å². The highest BCUT2D eigenvalue weighted by atomic mass is 35.5. The van der Waals surface area contributed by atoms with E-state index >= 15 is 0 Å². The number of carbonyl (C=O) groups is 2. The van der Waals surface area contributed by atoms with Crippen LogP contribution in [0.1, 0.15) is 47.2 Å². The van der Waals surface area contributed by atoms with Crippen molar-refractivity contribution in [1.82, 2.24) is 5.32 Å². The zero-order valence-corrected chi connectivity index (χ0v) is 23.6. The van der Waals surface area contributed by atoms with Gasteiger partial charge in [0.1, 0.15) is 0 Å². The summed E-state index contributed by atoms with van der Waals surface area (Å²) in [5, 5.41) is 3.70. The number of Topliss-reactive ketones (excluding diaryl/α,β-unsaturated/α-hetero) is 1. The molecular weight excluding hydrogens is 516 g/mol.